The number of hydrogen-bond donors (Lipinski definition) is 1. The van der Waals surface area contributed by atoms with Crippen molar-refractivity contribution in [2.75, 3.05) is 19.5 Å². The topological polar surface area (TPSA) is 77.8 Å². The van der Waals surface area contributed by atoms with Gasteiger partial charge < -0.3 is 19.1 Å². The Bertz CT molecular complexity index is 859. The second-order valence-corrected chi connectivity index (χ2v) is 6.43. The summed E-state index contributed by atoms with van der Waals surface area (Å²) in [6.07, 6.45) is 0.931. The molecular weight excluding hydrogens is 330 g/mol. The standard InChI is InChI=1S/C17H17NO5S/c1-18-11(9-12(19)15(20)14(18)17(21)22-2)10-5-3-6-13-16(10)24-8-4-7-23-13/h3,5-6,9,20H,4,7-8H2,1-2H3. The lowest BCUT2D eigenvalue weighted by molar-refractivity contribution is 0.0585. The zero-order valence-electron chi connectivity index (χ0n) is 13.4. The van der Waals surface area contributed by atoms with Gasteiger partial charge in [0.2, 0.25) is 5.43 Å². The van der Waals surface area contributed by atoms with Gasteiger partial charge in [-0.25, -0.2) is 4.79 Å². The molecular formula is C17H17NO5S. The minimum Gasteiger partial charge on any atom is -0.502 e. The molecule has 24 heavy (non-hydrogen) atoms. The lowest BCUT2D eigenvalue weighted by atomic mass is 10.1. The Balaban J connectivity index is 2.27. The third-order valence-electron chi connectivity index (χ3n) is 3.85. The van der Waals surface area contributed by atoms with Crippen molar-refractivity contribution < 1.29 is 19.4 Å². The quantitative estimate of drug-likeness (QED) is 0.841. The lowest BCUT2D eigenvalue weighted by Gasteiger charge is -2.17. The molecule has 0 aliphatic carbocycles. The van der Waals surface area contributed by atoms with Gasteiger partial charge in [0.1, 0.15) is 5.75 Å². The SMILES string of the molecule is COC(=O)c1c(O)c(=O)cc(-c2cccc3c2SCCCO3)n1C. The molecule has 2 heterocycles. The monoisotopic (exact) mass is 347 g/mol. The van der Waals surface area contributed by atoms with Gasteiger partial charge in [-0.1, -0.05) is 12.1 Å². The fraction of sp³-hybridized carbons (Fsp3) is 0.294. The summed E-state index contributed by atoms with van der Waals surface area (Å²) in [6.45, 7) is 0.644. The van der Waals surface area contributed by atoms with Crippen molar-refractivity contribution in [2.24, 2.45) is 7.05 Å². The van der Waals surface area contributed by atoms with Crippen molar-refractivity contribution in [2.45, 2.75) is 11.3 Å². The van der Waals surface area contributed by atoms with E-state index >= 15 is 0 Å². The van der Waals surface area contributed by atoms with E-state index in [4.69, 9.17) is 4.74 Å². The highest BCUT2D eigenvalue weighted by atomic mass is 32.2. The molecule has 1 aliphatic rings. The fourth-order valence-electron chi connectivity index (χ4n) is 2.67. The normalized spacial score (nSPS) is 13.6. The summed E-state index contributed by atoms with van der Waals surface area (Å²) in [4.78, 5) is 25.0. The van der Waals surface area contributed by atoms with Crippen molar-refractivity contribution in [3.63, 3.8) is 0 Å². The number of fused-ring (bicyclic) bond motifs is 1. The highest BCUT2D eigenvalue weighted by Crippen LogP contribution is 2.40. The molecule has 1 aromatic heterocycles. The number of esters is 1. The number of carbonyl (C=O) groups is 1. The first-order chi connectivity index (χ1) is 11.5. The van der Waals surface area contributed by atoms with Gasteiger partial charge in [0.25, 0.3) is 0 Å². The molecule has 1 aliphatic heterocycles. The van der Waals surface area contributed by atoms with E-state index in [-0.39, 0.29) is 5.69 Å². The first-order valence-electron chi connectivity index (χ1n) is 7.45. The van der Waals surface area contributed by atoms with Gasteiger partial charge in [-0.15, -0.1) is 11.8 Å². The molecule has 0 spiro atoms. The second kappa shape index (κ2) is 6.60. The molecule has 6 nitrogen and oxygen atoms in total. The Hall–Kier alpha value is -2.41. The molecule has 126 valence electrons. The number of carbonyl (C=O) groups excluding carboxylic acids is 1. The van der Waals surface area contributed by atoms with Crippen LogP contribution in [0.1, 0.15) is 16.9 Å². The number of thioether (sulfide) groups is 1. The van der Waals surface area contributed by atoms with Crippen molar-refractivity contribution >= 4 is 17.7 Å². The Kier molecular flexibility index (Phi) is 4.53. The summed E-state index contributed by atoms with van der Waals surface area (Å²) in [6, 6.07) is 6.92. The molecule has 0 amide bonds. The number of aromatic nitrogens is 1. The zero-order chi connectivity index (χ0) is 17.3. The number of aromatic hydroxyl groups is 1. The minimum atomic E-state index is -0.764. The average Bonchev–Trinajstić information content (AvgIpc) is 2.83. The van der Waals surface area contributed by atoms with Gasteiger partial charge in [-0.05, 0) is 12.5 Å². The van der Waals surface area contributed by atoms with Crippen LogP contribution in [0.3, 0.4) is 0 Å². The molecule has 1 aromatic carbocycles. The first-order valence-corrected chi connectivity index (χ1v) is 8.43. The lowest BCUT2D eigenvalue weighted by Crippen LogP contribution is -2.18. The van der Waals surface area contributed by atoms with Crippen LogP contribution in [0.5, 0.6) is 11.5 Å². The number of benzene rings is 1. The number of nitrogens with zero attached hydrogens (tertiary/aromatic N) is 1. The molecule has 0 bridgehead atoms. The van der Waals surface area contributed by atoms with Gasteiger partial charge >= 0.3 is 5.97 Å². The van der Waals surface area contributed by atoms with Crippen LogP contribution in [-0.4, -0.2) is 35.1 Å². The highest BCUT2D eigenvalue weighted by molar-refractivity contribution is 7.99. The molecule has 3 rings (SSSR count). The van der Waals surface area contributed by atoms with E-state index in [1.54, 1.807) is 18.8 Å². The Morgan fingerprint density at radius 3 is 2.96 bits per heavy atom. The molecule has 0 unspecified atom stereocenters. The number of hydrogen-bond acceptors (Lipinski definition) is 6. The van der Waals surface area contributed by atoms with E-state index in [1.165, 1.54) is 17.7 Å². The molecule has 0 atom stereocenters. The summed E-state index contributed by atoms with van der Waals surface area (Å²) < 4.78 is 11.9. The molecule has 0 saturated carbocycles. The van der Waals surface area contributed by atoms with Gasteiger partial charge in [0, 0.05) is 24.4 Å². The predicted octanol–water partition coefficient (Wildman–Crippen LogP) is 2.42. The predicted molar refractivity (Wildman–Crippen MR) is 91.0 cm³/mol. The van der Waals surface area contributed by atoms with Gasteiger partial charge in [0.15, 0.2) is 11.4 Å². The maximum absolute atomic E-state index is 12.1. The molecule has 0 saturated heterocycles. The summed E-state index contributed by atoms with van der Waals surface area (Å²) in [5, 5.41) is 9.97. The number of ether oxygens (including phenoxy) is 2. The smallest absolute Gasteiger partial charge is 0.358 e. The van der Waals surface area contributed by atoms with Crippen molar-refractivity contribution in [3.8, 4) is 22.8 Å². The van der Waals surface area contributed by atoms with E-state index < -0.39 is 17.1 Å². The van der Waals surface area contributed by atoms with Gasteiger partial charge in [-0.2, -0.15) is 0 Å². The van der Waals surface area contributed by atoms with Crippen LogP contribution < -0.4 is 10.2 Å². The van der Waals surface area contributed by atoms with Crippen molar-refractivity contribution in [1.29, 1.82) is 0 Å². The highest BCUT2D eigenvalue weighted by Gasteiger charge is 2.23. The van der Waals surface area contributed by atoms with Crippen LogP contribution in [-0.2, 0) is 11.8 Å². The molecule has 2 aromatic rings. The summed E-state index contributed by atoms with van der Waals surface area (Å²) >= 11 is 1.65. The van der Waals surface area contributed by atoms with E-state index in [1.807, 2.05) is 18.2 Å². The zero-order valence-corrected chi connectivity index (χ0v) is 14.2. The second-order valence-electron chi connectivity index (χ2n) is 5.32. The summed E-state index contributed by atoms with van der Waals surface area (Å²) in [7, 11) is 2.82. The third-order valence-corrected chi connectivity index (χ3v) is 5.05. The number of pyridine rings is 1. The third kappa shape index (κ3) is 2.75. The summed E-state index contributed by atoms with van der Waals surface area (Å²) in [5.41, 5.74) is 0.509. The van der Waals surface area contributed by atoms with Gasteiger partial charge in [-0.3, -0.25) is 4.79 Å². The number of methoxy groups -OCH3 is 1. The van der Waals surface area contributed by atoms with Crippen LogP contribution in [0, 0.1) is 0 Å². The maximum atomic E-state index is 12.1. The summed E-state index contributed by atoms with van der Waals surface area (Å²) in [5.74, 6) is 0.286. The molecule has 1 N–H and O–H groups in total. The van der Waals surface area contributed by atoms with Crippen LogP contribution in [0.4, 0.5) is 0 Å². The van der Waals surface area contributed by atoms with E-state index in [0.717, 1.165) is 28.4 Å². The Morgan fingerprint density at radius 2 is 2.21 bits per heavy atom. The largest absolute Gasteiger partial charge is 0.502 e. The molecule has 0 fully saturated rings. The number of rotatable bonds is 2. The van der Waals surface area contributed by atoms with Crippen LogP contribution in [0.25, 0.3) is 11.3 Å². The Morgan fingerprint density at radius 1 is 1.42 bits per heavy atom. The first kappa shape index (κ1) is 16.4. The van der Waals surface area contributed by atoms with Crippen LogP contribution in [0.15, 0.2) is 34.0 Å². The minimum absolute atomic E-state index is 0.169. The van der Waals surface area contributed by atoms with Gasteiger partial charge in [0.05, 0.1) is 24.3 Å². The Labute approximate surface area is 143 Å². The van der Waals surface area contributed by atoms with E-state index in [0.29, 0.717) is 12.3 Å². The van der Waals surface area contributed by atoms with Crippen molar-refractivity contribution in [3.05, 3.63) is 40.2 Å². The van der Waals surface area contributed by atoms with Crippen LogP contribution in [0.2, 0.25) is 0 Å². The van der Waals surface area contributed by atoms with Crippen molar-refractivity contribution in [1.82, 2.24) is 4.57 Å². The van der Waals surface area contributed by atoms with E-state index in [9.17, 15) is 14.7 Å². The fourth-order valence-corrected chi connectivity index (χ4v) is 3.73. The maximum Gasteiger partial charge on any atom is 0.358 e. The molecule has 0 radical (unpaired) electrons. The van der Waals surface area contributed by atoms with Crippen LogP contribution >= 0.6 is 11.8 Å². The van der Waals surface area contributed by atoms with E-state index in [2.05, 4.69) is 4.74 Å². The molecule has 7 heteroatoms. The average molecular weight is 347 g/mol.